The van der Waals surface area contributed by atoms with Crippen LogP contribution in [0.4, 0.5) is 0 Å². The van der Waals surface area contributed by atoms with Crippen LogP contribution in [-0.2, 0) is 9.53 Å². The monoisotopic (exact) mass is 242 g/mol. The van der Waals surface area contributed by atoms with Crippen molar-refractivity contribution >= 4 is 5.91 Å². The summed E-state index contributed by atoms with van der Waals surface area (Å²) < 4.78 is 5.61. The predicted molar refractivity (Wildman–Crippen MR) is 68.7 cm³/mol. The van der Waals surface area contributed by atoms with E-state index in [0.29, 0.717) is 13.2 Å². The Labute approximate surface area is 104 Å². The first-order valence-electron chi connectivity index (χ1n) is 6.72. The fourth-order valence-corrected chi connectivity index (χ4v) is 2.28. The van der Waals surface area contributed by atoms with Crippen LogP contribution >= 0.6 is 0 Å². The van der Waals surface area contributed by atoms with Crippen LogP contribution in [0.3, 0.4) is 0 Å². The van der Waals surface area contributed by atoms with Crippen LogP contribution < -0.4 is 5.73 Å². The summed E-state index contributed by atoms with van der Waals surface area (Å²) >= 11 is 0. The summed E-state index contributed by atoms with van der Waals surface area (Å²) in [6.07, 6.45) is 2.92. The van der Waals surface area contributed by atoms with Gasteiger partial charge in [-0.05, 0) is 32.7 Å². The summed E-state index contributed by atoms with van der Waals surface area (Å²) in [5.41, 5.74) is 5.49. The van der Waals surface area contributed by atoms with E-state index in [-0.39, 0.29) is 24.0 Å². The van der Waals surface area contributed by atoms with Gasteiger partial charge < -0.3 is 15.4 Å². The lowest BCUT2D eigenvalue weighted by molar-refractivity contribution is -0.148. The molecular weight excluding hydrogens is 216 g/mol. The lowest BCUT2D eigenvalue weighted by Gasteiger charge is -2.39. The van der Waals surface area contributed by atoms with Crippen LogP contribution in [-0.4, -0.2) is 42.6 Å². The largest absolute Gasteiger partial charge is 0.375 e. The van der Waals surface area contributed by atoms with E-state index >= 15 is 0 Å². The quantitative estimate of drug-likeness (QED) is 0.792. The number of amides is 1. The van der Waals surface area contributed by atoms with Gasteiger partial charge in [0.05, 0.1) is 18.8 Å². The fourth-order valence-electron chi connectivity index (χ4n) is 2.28. The summed E-state index contributed by atoms with van der Waals surface area (Å²) in [4.78, 5) is 14.4. The molecule has 1 rings (SSSR count). The molecule has 0 bridgehead atoms. The number of nitrogens with two attached hydrogens (primary N) is 1. The van der Waals surface area contributed by atoms with Gasteiger partial charge in [-0.25, -0.2) is 0 Å². The van der Waals surface area contributed by atoms with Gasteiger partial charge in [0, 0.05) is 12.5 Å². The van der Waals surface area contributed by atoms with E-state index in [4.69, 9.17) is 10.5 Å². The summed E-state index contributed by atoms with van der Waals surface area (Å²) in [6, 6.07) is 0.249. The topological polar surface area (TPSA) is 55.6 Å². The maximum atomic E-state index is 12.3. The van der Waals surface area contributed by atoms with Crippen LogP contribution in [0.2, 0.25) is 0 Å². The van der Waals surface area contributed by atoms with Gasteiger partial charge in [0.1, 0.15) is 0 Å². The Bertz CT molecular complexity index is 246. The molecule has 1 saturated heterocycles. The molecule has 0 radical (unpaired) electrons. The van der Waals surface area contributed by atoms with Gasteiger partial charge in [-0.15, -0.1) is 0 Å². The van der Waals surface area contributed by atoms with Gasteiger partial charge in [0.25, 0.3) is 0 Å². The van der Waals surface area contributed by atoms with Crippen molar-refractivity contribution in [2.75, 3.05) is 19.7 Å². The third-order valence-electron chi connectivity index (χ3n) is 3.48. The van der Waals surface area contributed by atoms with Crippen LogP contribution in [0.1, 0.15) is 40.0 Å². The second kappa shape index (κ2) is 6.97. The average Bonchev–Trinajstić information content (AvgIpc) is 2.34. The molecule has 2 N–H and O–H groups in total. The van der Waals surface area contributed by atoms with Gasteiger partial charge in [-0.3, -0.25) is 4.79 Å². The zero-order valence-electron chi connectivity index (χ0n) is 11.3. The molecule has 1 aliphatic rings. The number of rotatable bonds is 5. The predicted octanol–water partition coefficient (Wildman–Crippen LogP) is 1.39. The molecule has 1 amide bonds. The second-order valence-electron chi connectivity index (χ2n) is 5.03. The highest BCUT2D eigenvalue weighted by Crippen LogP contribution is 2.19. The highest BCUT2D eigenvalue weighted by molar-refractivity contribution is 5.79. The molecule has 1 fully saturated rings. The van der Waals surface area contributed by atoms with Gasteiger partial charge in [-0.2, -0.15) is 0 Å². The Balaban J connectivity index is 2.57. The summed E-state index contributed by atoms with van der Waals surface area (Å²) in [5, 5.41) is 0. The zero-order valence-corrected chi connectivity index (χ0v) is 11.3. The Morgan fingerprint density at radius 1 is 1.59 bits per heavy atom. The molecule has 0 aromatic carbocycles. The molecule has 17 heavy (non-hydrogen) atoms. The highest BCUT2D eigenvalue weighted by Gasteiger charge is 2.31. The van der Waals surface area contributed by atoms with Gasteiger partial charge in [0.15, 0.2) is 0 Å². The van der Waals surface area contributed by atoms with Crippen molar-refractivity contribution in [2.45, 2.75) is 52.2 Å². The molecule has 0 spiro atoms. The number of hydrogen-bond acceptors (Lipinski definition) is 3. The highest BCUT2D eigenvalue weighted by atomic mass is 16.5. The minimum absolute atomic E-state index is 0.0814. The van der Waals surface area contributed by atoms with Crippen molar-refractivity contribution < 1.29 is 9.53 Å². The zero-order chi connectivity index (χ0) is 12.8. The van der Waals surface area contributed by atoms with Crippen molar-refractivity contribution in [2.24, 2.45) is 11.7 Å². The molecule has 100 valence electrons. The van der Waals surface area contributed by atoms with Crippen LogP contribution in [0.5, 0.6) is 0 Å². The van der Waals surface area contributed by atoms with Crippen LogP contribution in [0.25, 0.3) is 0 Å². The maximum absolute atomic E-state index is 12.3. The number of carbonyl (C=O) groups excluding carboxylic acids is 1. The summed E-state index contributed by atoms with van der Waals surface area (Å²) in [7, 11) is 0. The van der Waals surface area contributed by atoms with Crippen LogP contribution in [0, 0.1) is 5.92 Å². The third kappa shape index (κ3) is 3.96. The van der Waals surface area contributed by atoms with E-state index in [0.717, 1.165) is 25.8 Å². The van der Waals surface area contributed by atoms with Gasteiger partial charge >= 0.3 is 0 Å². The first-order valence-corrected chi connectivity index (χ1v) is 6.72. The van der Waals surface area contributed by atoms with E-state index in [9.17, 15) is 4.79 Å². The van der Waals surface area contributed by atoms with Gasteiger partial charge in [0.2, 0.25) is 5.91 Å². The van der Waals surface area contributed by atoms with Gasteiger partial charge in [-0.1, -0.05) is 13.8 Å². The molecule has 1 aliphatic heterocycles. The molecule has 0 aliphatic carbocycles. The molecule has 3 atom stereocenters. The van der Waals surface area contributed by atoms with Crippen molar-refractivity contribution in [3.63, 3.8) is 0 Å². The Hall–Kier alpha value is -0.610. The number of carbonyl (C=O) groups is 1. The lowest BCUT2D eigenvalue weighted by Crippen LogP contribution is -2.52. The first-order chi connectivity index (χ1) is 8.10. The molecular formula is C13H26N2O2. The van der Waals surface area contributed by atoms with Crippen molar-refractivity contribution in [3.8, 4) is 0 Å². The van der Waals surface area contributed by atoms with E-state index < -0.39 is 0 Å². The van der Waals surface area contributed by atoms with E-state index in [2.05, 4.69) is 6.92 Å². The van der Waals surface area contributed by atoms with E-state index in [1.807, 2.05) is 18.7 Å². The second-order valence-corrected chi connectivity index (χ2v) is 5.03. The fraction of sp³-hybridized carbons (Fsp3) is 0.923. The van der Waals surface area contributed by atoms with E-state index in [1.165, 1.54) is 0 Å². The average molecular weight is 242 g/mol. The van der Waals surface area contributed by atoms with E-state index in [1.54, 1.807) is 0 Å². The number of ether oxygens (including phenoxy) is 1. The smallest absolute Gasteiger partial charge is 0.225 e. The molecule has 4 nitrogen and oxygen atoms in total. The Morgan fingerprint density at radius 3 is 2.88 bits per heavy atom. The molecule has 4 heteroatoms. The number of morpholine rings is 1. The number of hydrogen-bond donors (Lipinski definition) is 1. The molecule has 0 aromatic heterocycles. The molecule has 0 aromatic rings. The molecule has 3 unspecified atom stereocenters. The Morgan fingerprint density at radius 2 is 2.29 bits per heavy atom. The first kappa shape index (κ1) is 14.5. The van der Waals surface area contributed by atoms with Crippen molar-refractivity contribution in [1.29, 1.82) is 0 Å². The standard InChI is InChI=1S/C13H26N2O2/c1-4-12-9-17-11(3)8-15(12)13(16)10(2)6-5-7-14/h10-12H,4-9,14H2,1-3H3. The van der Waals surface area contributed by atoms with Crippen molar-refractivity contribution in [3.05, 3.63) is 0 Å². The third-order valence-corrected chi connectivity index (χ3v) is 3.48. The van der Waals surface area contributed by atoms with Crippen LogP contribution in [0.15, 0.2) is 0 Å². The summed E-state index contributed by atoms with van der Waals surface area (Å²) in [5.74, 6) is 0.346. The lowest BCUT2D eigenvalue weighted by atomic mass is 10.0. The SMILES string of the molecule is CCC1COC(C)CN1C(=O)C(C)CCCN. The molecule has 0 saturated carbocycles. The molecule has 1 heterocycles. The Kier molecular flexibility index (Phi) is 5.92. The normalized spacial score (nSPS) is 26.9. The minimum atomic E-state index is 0.0814. The maximum Gasteiger partial charge on any atom is 0.225 e. The minimum Gasteiger partial charge on any atom is -0.375 e. The summed E-state index contributed by atoms with van der Waals surface area (Å²) in [6.45, 7) is 8.20. The number of nitrogens with zero attached hydrogens (tertiary/aromatic N) is 1. The van der Waals surface area contributed by atoms with Crippen molar-refractivity contribution in [1.82, 2.24) is 4.90 Å².